The summed E-state index contributed by atoms with van der Waals surface area (Å²) in [6.07, 6.45) is 5.99. The fraction of sp³-hybridized carbons (Fsp3) is 0.241. The normalized spacial score (nSPS) is 19.5. The predicted octanol–water partition coefficient (Wildman–Crippen LogP) is 4.49. The molecule has 2 aromatic carbocycles. The van der Waals surface area contributed by atoms with E-state index < -0.39 is 5.97 Å². The number of amides is 1. The van der Waals surface area contributed by atoms with Crippen LogP contribution in [0.5, 0.6) is 11.5 Å². The Morgan fingerprint density at radius 1 is 1.27 bits per heavy atom. The lowest BCUT2D eigenvalue weighted by Crippen LogP contribution is -2.27. The minimum atomic E-state index is -1.04. The van der Waals surface area contributed by atoms with E-state index >= 15 is 0 Å². The van der Waals surface area contributed by atoms with Gasteiger partial charge in [0.25, 0.3) is 0 Å². The topological polar surface area (TPSA) is 122 Å². The zero-order valence-electron chi connectivity index (χ0n) is 20.2. The number of nitrogens with one attached hydrogen (secondary N) is 1. The van der Waals surface area contributed by atoms with Crippen molar-refractivity contribution in [2.24, 2.45) is 5.92 Å². The molecule has 0 unspecified atom stereocenters. The molecule has 1 saturated carbocycles. The van der Waals surface area contributed by atoms with E-state index in [-0.39, 0.29) is 17.2 Å². The third-order valence-corrected chi connectivity index (χ3v) is 7.08. The van der Waals surface area contributed by atoms with Crippen LogP contribution in [0.1, 0.15) is 29.5 Å². The van der Waals surface area contributed by atoms with E-state index in [0.717, 1.165) is 40.6 Å². The SMILES string of the molecule is COc1ccc(-c2ccc3c(c2)[C@]2(CCO3)C[C@H]2C(=O)Nc2cc(C#N)ccc2CC=CC(=O)O)nc1. The van der Waals surface area contributed by atoms with Crippen molar-refractivity contribution in [3.05, 3.63) is 83.6 Å². The van der Waals surface area contributed by atoms with Crippen molar-refractivity contribution >= 4 is 17.6 Å². The summed E-state index contributed by atoms with van der Waals surface area (Å²) < 4.78 is 11.1. The number of carbonyl (C=O) groups is 2. The van der Waals surface area contributed by atoms with Crippen LogP contribution >= 0.6 is 0 Å². The maximum Gasteiger partial charge on any atom is 0.327 e. The minimum Gasteiger partial charge on any atom is -0.495 e. The number of rotatable bonds is 7. The molecule has 1 aliphatic heterocycles. The van der Waals surface area contributed by atoms with Gasteiger partial charge in [0.05, 0.1) is 37.2 Å². The summed E-state index contributed by atoms with van der Waals surface area (Å²) in [4.78, 5) is 28.8. The number of nitrogens with zero attached hydrogens (tertiary/aromatic N) is 2. The maximum atomic E-state index is 13.4. The van der Waals surface area contributed by atoms with Crippen LogP contribution in [0.3, 0.4) is 0 Å². The van der Waals surface area contributed by atoms with Gasteiger partial charge in [-0.25, -0.2) is 4.79 Å². The molecule has 2 heterocycles. The first kappa shape index (κ1) is 24.1. The third-order valence-electron chi connectivity index (χ3n) is 7.08. The van der Waals surface area contributed by atoms with Crippen LogP contribution in [-0.2, 0) is 21.4 Å². The molecule has 5 rings (SSSR count). The van der Waals surface area contributed by atoms with Gasteiger partial charge in [0.2, 0.25) is 5.91 Å². The van der Waals surface area contributed by atoms with Crippen molar-refractivity contribution in [3.8, 4) is 28.8 Å². The molecular weight excluding hydrogens is 470 g/mol. The molecule has 186 valence electrons. The van der Waals surface area contributed by atoms with E-state index in [1.807, 2.05) is 24.3 Å². The Morgan fingerprint density at radius 3 is 2.86 bits per heavy atom. The third kappa shape index (κ3) is 4.76. The molecule has 0 bridgehead atoms. The molecular formula is C29H25N3O5. The van der Waals surface area contributed by atoms with E-state index in [9.17, 15) is 14.9 Å². The number of carboxylic acids is 1. The molecule has 8 nitrogen and oxygen atoms in total. The number of anilines is 1. The van der Waals surface area contributed by atoms with Crippen LogP contribution in [0.4, 0.5) is 5.69 Å². The molecule has 2 aliphatic rings. The highest BCUT2D eigenvalue weighted by Gasteiger charge is 2.61. The smallest absolute Gasteiger partial charge is 0.327 e. The van der Waals surface area contributed by atoms with Gasteiger partial charge < -0.3 is 19.9 Å². The van der Waals surface area contributed by atoms with Gasteiger partial charge in [0.15, 0.2) is 0 Å². The lowest BCUT2D eigenvalue weighted by molar-refractivity contribution is -0.131. The van der Waals surface area contributed by atoms with E-state index in [2.05, 4.69) is 22.4 Å². The number of aliphatic carboxylic acids is 1. The molecule has 0 radical (unpaired) electrons. The van der Waals surface area contributed by atoms with E-state index in [4.69, 9.17) is 14.6 Å². The molecule has 1 fully saturated rings. The van der Waals surface area contributed by atoms with Crippen molar-refractivity contribution in [3.63, 3.8) is 0 Å². The number of hydrogen-bond donors (Lipinski definition) is 2. The Morgan fingerprint density at radius 2 is 2.14 bits per heavy atom. The Labute approximate surface area is 214 Å². The Hall–Kier alpha value is -4.64. The molecule has 1 amide bonds. The number of pyridine rings is 1. The number of aromatic nitrogens is 1. The predicted molar refractivity (Wildman–Crippen MR) is 136 cm³/mol. The lowest BCUT2D eigenvalue weighted by Gasteiger charge is -2.27. The van der Waals surface area contributed by atoms with Crippen molar-refractivity contribution in [2.45, 2.75) is 24.7 Å². The number of benzene rings is 2. The zero-order valence-corrected chi connectivity index (χ0v) is 20.2. The molecule has 37 heavy (non-hydrogen) atoms. The van der Waals surface area contributed by atoms with Gasteiger partial charge in [-0.05, 0) is 67.3 Å². The number of carbonyl (C=O) groups excluding carboxylic acids is 1. The number of nitriles is 1. The Bertz CT molecular complexity index is 1440. The van der Waals surface area contributed by atoms with Gasteiger partial charge in [-0.3, -0.25) is 9.78 Å². The molecule has 3 aromatic rings. The lowest BCUT2D eigenvalue weighted by atomic mass is 9.86. The molecule has 8 heteroatoms. The van der Waals surface area contributed by atoms with Gasteiger partial charge in [0, 0.05) is 34.2 Å². The van der Waals surface area contributed by atoms with Gasteiger partial charge in [-0.1, -0.05) is 12.1 Å². The summed E-state index contributed by atoms with van der Waals surface area (Å²) in [6, 6.07) is 16.8. The molecule has 2 atom stereocenters. The summed E-state index contributed by atoms with van der Waals surface area (Å²) in [6.45, 7) is 0.534. The first-order chi connectivity index (χ1) is 17.9. The van der Waals surface area contributed by atoms with Crippen LogP contribution in [0.25, 0.3) is 11.3 Å². The van der Waals surface area contributed by atoms with Gasteiger partial charge in [0.1, 0.15) is 11.5 Å². The van der Waals surface area contributed by atoms with Gasteiger partial charge in [-0.15, -0.1) is 0 Å². The monoisotopic (exact) mass is 495 g/mol. The fourth-order valence-corrected chi connectivity index (χ4v) is 5.02. The molecule has 2 N–H and O–H groups in total. The highest BCUT2D eigenvalue weighted by molar-refractivity contribution is 5.97. The quantitative estimate of drug-likeness (QED) is 0.463. The molecule has 1 spiro atoms. The second-order valence-corrected chi connectivity index (χ2v) is 9.22. The first-order valence-corrected chi connectivity index (χ1v) is 11.9. The molecule has 0 saturated heterocycles. The second-order valence-electron chi connectivity index (χ2n) is 9.22. The fourth-order valence-electron chi connectivity index (χ4n) is 5.02. The van der Waals surface area contributed by atoms with Gasteiger partial charge in [-0.2, -0.15) is 5.26 Å². The highest BCUT2D eigenvalue weighted by Crippen LogP contribution is 2.61. The average molecular weight is 496 g/mol. The average Bonchev–Trinajstić information content (AvgIpc) is 3.64. The molecule has 1 aliphatic carbocycles. The zero-order chi connectivity index (χ0) is 26.0. The minimum absolute atomic E-state index is 0.126. The van der Waals surface area contributed by atoms with Crippen LogP contribution in [-0.4, -0.2) is 35.7 Å². The van der Waals surface area contributed by atoms with E-state index in [1.54, 1.807) is 31.5 Å². The first-order valence-electron chi connectivity index (χ1n) is 11.9. The van der Waals surface area contributed by atoms with Crippen LogP contribution in [0, 0.1) is 17.2 Å². The maximum absolute atomic E-state index is 13.4. The number of methoxy groups -OCH3 is 1. The second kappa shape index (κ2) is 9.78. The largest absolute Gasteiger partial charge is 0.495 e. The van der Waals surface area contributed by atoms with E-state index in [0.29, 0.717) is 36.4 Å². The van der Waals surface area contributed by atoms with Gasteiger partial charge >= 0.3 is 5.97 Å². The van der Waals surface area contributed by atoms with Crippen molar-refractivity contribution in [2.75, 3.05) is 19.0 Å². The molecule has 1 aromatic heterocycles. The van der Waals surface area contributed by atoms with Crippen LogP contribution < -0.4 is 14.8 Å². The number of fused-ring (bicyclic) bond motifs is 2. The number of carboxylic acid groups (broad SMARTS) is 1. The summed E-state index contributed by atoms with van der Waals surface area (Å²) >= 11 is 0. The van der Waals surface area contributed by atoms with E-state index in [1.165, 1.54) is 6.08 Å². The van der Waals surface area contributed by atoms with Crippen LogP contribution in [0.15, 0.2) is 66.9 Å². The summed E-state index contributed by atoms with van der Waals surface area (Å²) in [5.41, 5.74) is 4.09. The Balaban J connectivity index is 1.40. The summed E-state index contributed by atoms with van der Waals surface area (Å²) in [5, 5.41) is 21.2. The van der Waals surface area contributed by atoms with Crippen molar-refractivity contribution < 1.29 is 24.2 Å². The Kier molecular flexibility index (Phi) is 6.36. The summed E-state index contributed by atoms with van der Waals surface area (Å²) in [7, 11) is 1.60. The summed E-state index contributed by atoms with van der Waals surface area (Å²) in [5.74, 6) is 0.0480. The number of allylic oxidation sites excluding steroid dienone is 1. The van der Waals surface area contributed by atoms with Crippen LogP contribution in [0.2, 0.25) is 0 Å². The standard InChI is InChI=1S/C29H25N3O5/c1-36-21-8-9-24(31-17-21)20-7-10-26-22(14-20)29(11-12-37-26)15-23(29)28(35)32-25-13-18(16-30)5-6-19(25)3-2-4-27(33)34/h2,4-10,13-14,17,23H,3,11-12,15H2,1H3,(H,32,35)(H,33,34)/t23-,29-/m0/s1. The van der Waals surface area contributed by atoms with Crippen molar-refractivity contribution in [1.82, 2.24) is 4.98 Å². The number of hydrogen-bond acceptors (Lipinski definition) is 6. The van der Waals surface area contributed by atoms with Crippen molar-refractivity contribution in [1.29, 1.82) is 5.26 Å². The number of ether oxygens (including phenoxy) is 2. The highest BCUT2D eigenvalue weighted by atomic mass is 16.5.